The average Bonchev–Trinajstić information content (AvgIpc) is 3.06. The number of anilines is 2. The standard InChI is InChI=1S/C36H35N3O5/c40-35(26-13-5-2-6-14-26)44-38-20-19-36-18-10-9-15-28(36)33(38)22-27-21-31(37-30-16-7-8-17-32(30)39(41)42)34(23-29(27)36)43-24-25-11-3-1-4-12-25/h1-8,11-14,16-17,21,23,28,33,37H,9-10,15,18-20,22,24H2/t28-,33+,36+/m1/s1. The van der Waals surface area contributed by atoms with Gasteiger partial charge in [-0.2, -0.15) is 0 Å². The maximum absolute atomic E-state index is 13.1. The van der Waals surface area contributed by atoms with E-state index in [0.29, 0.717) is 48.2 Å². The fourth-order valence-corrected chi connectivity index (χ4v) is 7.69. The zero-order valence-electron chi connectivity index (χ0n) is 24.5. The fourth-order valence-electron chi connectivity index (χ4n) is 7.69. The third-order valence-electron chi connectivity index (χ3n) is 9.70. The van der Waals surface area contributed by atoms with Crippen LogP contribution in [0.25, 0.3) is 0 Å². The number of nitrogens with zero attached hydrogens (tertiary/aromatic N) is 2. The summed E-state index contributed by atoms with van der Waals surface area (Å²) in [5, 5.41) is 17.1. The molecule has 1 aliphatic heterocycles. The minimum atomic E-state index is -0.375. The molecule has 0 unspecified atom stereocenters. The summed E-state index contributed by atoms with van der Waals surface area (Å²) in [6, 6.07) is 30.2. The first-order chi connectivity index (χ1) is 21.5. The Hall–Kier alpha value is -4.69. The second kappa shape index (κ2) is 11.8. The van der Waals surface area contributed by atoms with Gasteiger partial charge in [0.1, 0.15) is 18.0 Å². The molecule has 2 aliphatic carbocycles. The molecule has 0 amide bonds. The Labute approximate surface area is 256 Å². The van der Waals surface area contributed by atoms with E-state index < -0.39 is 0 Å². The van der Waals surface area contributed by atoms with Gasteiger partial charge in [-0.1, -0.05) is 73.5 Å². The molecule has 0 radical (unpaired) electrons. The van der Waals surface area contributed by atoms with Crippen LogP contribution in [0.3, 0.4) is 0 Å². The van der Waals surface area contributed by atoms with E-state index in [2.05, 4.69) is 17.4 Å². The van der Waals surface area contributed by atoms with E-state index >= 15 is 0 Å². The minimum absolute atomic E-state index is 0.000960. The Balaban J connectivity index is 1.27. The predicted octanol–water partition coefficient (Wildman–Crippen LogP) is 7.75. The lowest BCUT2D eigenvalue weighted by molar-refractivity contribution is -0.383. The van der Waals surface area contributed by atoms with Gasteiger partial charge in [-0.25, -0.2) is 4.79 Å². The number of carbonyl (C=O) groups excluding carboxylic acids is 1. The predicted molar refractivity (Wildman–Crippen MR) is 168 cm³/mol. The Morgan fingerprint density at radius 1 is 0.932 bits per heavy atom. The molecule has 224 valence electrons. The van der Waals surface area contributed by atoms with E-state index in [1.54, 1.807) is 30.3 Å². The molecule has 2 fully saturated rings. The van der Waals surface area contributed by atoms with Crippen LogP contribution in [0.2, 0.25) is 0 Å². The summed E-state index contributed by atoms with van der Waals surface area (Å²) < 4.78 is 6.49. The van der Waals surface area contributed by atoms with Crippen molar-refractivity contribution in [1.82, 2.24) is 5.06 Å². The molecule has 4 aromatic carbocycles. The second-order valence-electron chi connectivity index (χ2n) is 12.1. The molecule has 7 rings (SSSR count). The first-order valence-electron chi connectivity index (χ1n) is 15.4. The number of piperidine rings is 1. The molecule has 1 saturated heterocycles. The summed E-state index contributed by atoms with van der Waals surface area (Å²) in [5.74, 6) is 0.709. The SMILES string of the molecule is O=C(ON1CC[C@@]23CCCC[C@@H]2[C@@H]1Cc1cc(Nc2ccccc2[N+](=O)[O-])c(OCc2ccccc2)cc13)c1ccccc1. The molecule has 0 spiro atoms. The average molecular weight is 590 g/mol. The van der Waals surface area contributed by atoms with Crippen LogP contribution >= 0.6 is 0 Å². The minimum Gasteiger partial charge on any atom is -0.487 e. The van der Waals surface area contributed by atoms with Gasteiger partial charge >= 0.3 is 5.97 Å². The van der Waals surface area contributed by atoms with Crippen molar-refractivity contribution in [2.45, 2.75) is 56.6 Å². The van der Waals surface area contributed by atoms with Gasteiger partial charge in [0.2, 0.25) is 0 Å². The maximum Gasteiger partial charge on any atom is 0.357 e. The zero-order chi connectivity index (χ0) is 30.1. The van der Waals surface area contributed by atoms with E-state index in [0.717, 1.165) is 37.7 Å². The molecule has 0 aromatic heterocycles. The van der Waals surface area contributed by atoms with Crippen molar-refractivity contribution in [3.05, 3.63) is 129 Å². The number of fused-ring (bicyclic) bond motifs is 1. The number of nitro benzene ring substituents is 1. The van der Waals surface area contributed by atoms with Crippen LogP contribution < -0.4 is 10.1 Å². The van der Waals surface area contributed by atoms with E-state index in [9.17, 15) is 14.9 Å². The molecular weight excluding hydrogens is 554 g/mol. The van der Waals surface area contributed by atoms with Gasteiger partial charge in [0.15, 0.2) is 0 Å². The quantitative estimate of drug-likeness (QED) is 0.166. The Kier molecular flexibility index (Phi) is 7.52. The number of benzene rings is 4. The number of hydrogen-bond donors (Lipinski definition) is 1. The first-order valence-corrected chi connectivity index (χ1v) is 15.4. The molecule has 44 heavy (non-hydrogen) atoms. The monoisotopic (exact) mass is 589 g/mol. The molecule has 1 N–H and O–H groups in total. The smallest absolute Gasteiger partial charge is 0.357 e. The molecule has 3 aliphatic rings. The highest BCUT2D eigenvalue weighted by Crippen LogP contribution is 2.57. The molecule has 2 bridgehead atoms. The van der Waals surface area contributed by atoms with Crippen LogP contribution in [0.1, 0.15) is 59.2 Å². The summed E-state index contributed by atoms with van der Waals surface area (Å²) in [6.07, 6.45) is 6.08. The Morgan fingerprint density at radius 2 is 1.68 bits per heavy atom. The second-order valence-corrected chi connectivity index (χ2v) is 12.1. The number of rotatable bonds is 8. The number of ether oxygens (including phenoxy) is 1. The van der Waals surface area contributed by atoms with Crippen LogP contribution in [-0.4, -0.2) is 28.5 Å². The van der Waals surface area contributed by atoms with Crippen LogP contribution in [0.4, 0.5) is 17.1 Å². The lowest BCUT2D eigenvalue weighted by Gasteiger charge is -2.58. The fraction of sp³-hybridized carbons (Fsp3) is 0.306. The number of nitro groups is 1. The summed E-state index contributed by atoms with van der Waals surface area (Å²) in [4.78, 5) is 30.7. The van der Waals surface area contributed by atoms with Crippen LogP contribution in [0, 0.1) is 16.0 Å². The summed E-state index contributed by atoms with van der Waals surface area (Å²) in [7, 11) is 0. The highest BCUT2D eigenvalue weighted by Gasteiger charge is 2.55. The number of carbonyl (C=O) groups is 1. The van der Waals surface area contributed by atoms with Crippen molar-refractivity contribution >= 4 is 23.0 Å². The number of nitrogens with one attached hydrogen (secondary N) is 1. The van der Waals surface area contributed by atoms with Gasteiger partial charge in [0, 0.05) is 18.0 Å². The third-order valence-corrected chi connectivity index (χ3v) is 9.70. The lowest BCUT2D eigenvalue weighted by Crippen LogP contribution is -2.61. The normalized spacial score (nSPS) is 22.3. The van der Waals surface area contributed by atoms with Crippen LogP contribution in [0.5, 0.6) is 5.75 Å². The van der Waals surface area contributed by atoms with Crippen molar-refractivity contribution in [2.24, 2.45) is 5.92 Å². The highest BCUT2D eigenvalue weighted by atomic mass is 16.7. The van der Waals surface area contributed by atoms with Gasteiger partial charge in [0.05, 0.1) is 22.2 Å². The molecule has 3 atom stereocenters. The number of para-hydroxylation sites is 2. The molecule has 4 aromatic rings. The Morgan fingerprint density at radius 3 is 2.48 bits per heavy atom. The van der Waals surface area contributed by atoms with E-state index in [4.69, 9.17) is 9.57 Å². The first kappa shape index (κ1) is 28.1. The van der Waals surface area contributed by atoms with Gasteiger partial charge in [-0.15, -0.1) is 5.06 Å². The van der Waals surface area contributed by atoms with Gasteiger partial charge in [-0.3, -0.25) is 10.1 Å². The van der Waals surface area contributed by atoms with Gasteiger partial charge in [-0.05, 0) is 78.6 Å². The lowest BCUT2D eigenvalue weighted by atomic mass is 9.52. The molecular formula is C36H35N3O5. The summed E-state index contributed by atoms with van der Waals surface area (Å²) >= 11 is 0. The van der Waals surface area contributed by atoms with Crippen molar-refractivity contribution in [3.8, 4) is 5.75 Å². The molecule has 1 saturated carbocycles. The topological polar surface area (TPSA) is 93.9 Å². The van der Waals surface area contributed by atoms with Crippen molar-refractivity contribution in [3.63, 3.8) is 0 Å². The summed E-state index contributed by atoms with van der Waals surface area (Å²) in [5.41, 5.74) is 5.13. The van der Waals surface area contributed by atoms with Gasteiger partial charge in [0.25, 0.3) is 5.69 Å². The number of hydrogen-bond acceptors (Lipinski definition) is 7. The van der Waals surface area contributed by atoms with E-state index in [1.807, 2.05) is 53.6 Å². The molecule has 8 heteroatoms. The highest BCUT2D eigenvalue weighted by molar-refractivity contribution is 5.89. The third kappa shape index (κ3) is 5.19. The van der Waals surface area contributed by atoms with Gasteiger partial charge < -0.3 is 14.9 Å². The van der Waals surface area contributed by atoms with E-state index in [1.165, 1.54) is 17.2 Å². The van der Waals surface area contributed by atoms with Crippen LogP contribution in [-0.2, 0) is 23.3 Å². The van der Waals surface area contributed by atoms with Crippen LogP contribution in [0.15, 0.2) is 97.1 Å². The summed E-state index contributed by atoms with van der Waals surface area (Å²) in [6.45, 7) is 1.06. The Bertz CT molecular complexity index is 1680. The molecule has 8 nitrogen and oxygen atoms in total. The van der Waals surface area contributed by atoms with E-state index in [-0.39, 0.29) is 28.0 Å². The number of hydroxylamine groups is 2. The van der Waals surface area contributed by atoms with Crippen molar-refractivity contribution in [1.29, 1.82) is 0 Å². The maximum atomic E-state index is 13.1. The zero-order valence-corrected chi connectivity index (χ0v) is 24.5. The largest absolute Gasteiger partial charge is 0.487 e. The van der Waals surface area contributed by atoms with Crippen molar-refractivity contribution < 1.29 is 19.3 Å². The van der Waals surface area contributed by atoms with Crippen molar-refractivity contribution in [2.75, 3.05) is 11.9 Å². The molecule has 1 heterocycles.